The lowest BCUT2D eigenvalue weighted by molar-refractivity contribution is -0.138. The Kier molecular flexibility index (Phi) is 5.82. The lowest BCUT2D eigenvalue weighted by Crippen LogP contribution is -2.10. The van der Waals surface area contributed by atoms with Gasteiger partial charge in [0, 0.05) is 36.1 Å². The molecule has 4 aromatic rings. The first-order valence-corrected chi connectivity index (χ1v) is 9.87. The lowest BCUT2D eigenvalue weighted by Gasteiger charge is -2.12. The number of pyridine rings is 3. The van der Waals surface area contributed by atoms with Crippen molar-refractivity contribution >= 4 is 22.6 Å². The molecule has 0 aromatic carbocycles. The van der Waals surface area contributed by atoms with Crippen LogP contribution in [0.4, 0.5) is 13.2 Å². The molecular formula is C22H18ClF3N4O. The van der Waals surface area contributed by atoms with E-state index >= 15 is 0 Å². The number of fused-ring (bicyclic) bond motifs is 1. The average molecular weight is 447 g/mol. The third-order valence-corrected chi connectivity index (χ3v) is 5.38. The Hall–Kier alpha value is -3.13. The van der Waals surface area contributed by atoms with Gasteiger partial charge in [-0.15, -0.1) is 0 Å². The Morgan fingerprint density at radius 3 is 2.65 bits per heavy atom. The molecule has 0 aliphatic heterocycles. The van der Waals surface area contributed by atoms with Crippen molar-refractivity contribution in [2.24, 2.45) is 0 Å². The first-order chi connectivity index (χ1) is 14.8. The zero-order valence-electron chi connectivity index (χ0n) is 16.5. The number of aromatic amines is 1. The molecule has 0 spiro atoms. The predicted octanol–water partition coefficient (Wildman–Crippen LogP) is 5.41. The van der Waals surface area contributed by atoms with E-state index < -0.39 is 11.7 Å². The van der Waals surface area contributed by atoms with Crippen LogP contribution in [-0.2, 0) is 25.4 Å². The summed E-state index contributed by atoms with van der Waals surface area (Å²) < 4.78 is 44.7. The maximum atomic E-state index is 13.2. The maximum absolute atomic E-state index is 13.2. The molecule has 1 N–H and O–H groups in total. The van der Waals surface area contributed by atoms with Gasteiger partial charge < -0.3 is 9.72 Å². The van der Waals surface area contributed by atoms with Crippen molar-refractivity contribution < 1.29 is 17.9 Å². The smallest absolute Gasteiger partial charge is 0.416 e. The number of alkyl halides is 3. The minimum Gasteiger partial charge on any atom is -0.495 e. The molecular weight excluding hydrogens is 429 g/mol. The van der Waals surface area contributed by atoms with Gasteiger partial charge in [0.2, 0.25) is 0 Å². The standard InChI is InChI=1S/C22H18ClF3N4O/c1-31-17-9-18-15(11-28-21(18)29-12-17)8-13-2-4-16(30-20(13)23)5-3-14-10-27-7-6-19(14)22(24,25)26/h2,4,6-7,9-12H,3,5,8H2,1H3,(H,28,29). The highest BCUT2D eigenvalue weighted by molar-refractivity contribution is 6.30. The number of halogens is 4. The van der Waals surface area contributed by atoms with Gasteiger partial charge >= 0.3 is 6.18 Å². The second-order valence-electron chi connectivity index (χ2n) is 7.05. The summed E-state index contributed by atoms with van der Waals surface area (Å²) in [5.74, 6) is 0.654. The second kappa shape index (κ2) is 8.55. The van der Waals surface area contributed by atoms with Gasteiger partial charge in [-0.1, -0.05) is 17.7 Å². The van der Waals surface area contributed by atoms with Crippen LogP contribution in [0.25, 0.3) is 11.0 Å². The largest absolute Gasteiger partial charge is 0.495 e. The van der Waals surface area contributed by atoms with Crippen molar-refractivity contribution in [1.29, 1.82) is 0 Å². The van der Waals surface area contributed by atoms with Crippen molar-refractivity contribution in [1.82, 2.24) is 19.9 Å². The van der Waals surface area contributed by atoms with Crippen molar-refractivity contribution in [2.75, 3.05) is 7.11 Å². The lowest BCUT2D eigenvalue weighted by atomic mass is 10.0. The highest BCUT2D eigenvalue weighted by Gasteiger charge is 2.33. The second-order valence-corrected chi connectivity index (χ2v) is 7.40. The summed E-state index contributed by atoms with van der Waals surface area (Å²) in [5, 5.41) is 1.25. The number of rotatable bonds is 6. The summed E-state index contributed by atoms with van der Waals surface area (Å²) in [4.78, 5) is 15.6. The van der Waals surface area contributed by atoms with Crippen LogP contribution < -0.4 is 4.74 Å². The van der Waals surface area contributed by atoms with Gasteiger partial charge in [-0.25, -0.2) is 9.97 Å². The summed E-state index contributed by atoms with van der Waals surface area (Å²) in [5.41, 5.74) is 2.63. The molecule has 160 valence electrons. The van der Waals surface area contributed by atoms with Crippen molar-refractivity contribution in [3.63, 3.8) is 0 Å². The maximum Gasteiger partial charge on any atom is 0.416 e. The molecule has 9 heteroatoms. The molecule has 31 heavy (non-hydrogen) atoms. The van der Waals surface area contributed by atoms with E-state index in [1.165, 1.54) is 6.20 Å². The Morgan fingerprint density at radius 2 is 1.90 bits per heavy atom. The van der Waals surface area contributed by atoms with E-state index in [9.17, 15) is 13.2 Å². The van der Waals surface area contributed by atoms with E-state index in [1.54, 1.807) is 19.4 Å². The number of aromatic nitrogens is 4. The zero-order valence-corrected chi connectivity index (χ0v) is 17.3. The monoisotopic (exact) mass is 446 g/mol. The molecule has 0 fully saturated rings. The summed E-state index contributed by atoms with van der Waals surface area (Å²) in [7, 11) is 1.58. The van der Waals surface area contributed by atoms with Crippen LogP contribution in [0.1, 0.15) is 27.9 Å². The van der Waals surface area contributed by atoms with E-state index in [0.29, 0.717) is 29.4 Å². The molecule has 4 aromatic heterocycles. The fourth-order valence-electron chi connectivity index (χ4n) is 3.44. The fraction of sp³-hybridized carbons (Fsp3) is 0.227. The number of nitrogens with zero attached hydrogens (tertiary/aromatic N) is 3. The summed E-state index contributed by atoms with van der Waals surface area (Å²) in [6, 6.07) is 6.53. The van der Waals surface area contributed by atoms with Crippen LogP contribution in [0.15, 0.2) is 49.1 Å². The minimum absolute atomic E-state index is 0.136. The molecule has 0 bridgehead atoms. The molecule has 0 unspecified atom stereocenters. The van der Waals surface area contributed by atoms with Gasteiger partial charge in [0.1, 0.15) is 16.5 Å². The Morgan fingerprint density at radius 1 is 1.06 bits per heavy atom. The van der Waals surface area contributed by atoms with Crippen molar-refractivity contribution in [3.05, 3.63) is 82.2 Å². The average Bonchev–Trinajstić information content (AvgIpc) is 3.15. The van der Waals surface area contributed by atoms with Crippen LogP contribution in [0, 0.1) is 0 Å². The van der Waals surface area contributed by atoms with E-state index in [0.717, 1.165) is 34.4 Å². The highest BCUT2D eigenvalue weighted by atomic mass is 35.5. The molecule has 0 amide bonds. The number of hydrogen-bond acceptors (Lipinski definition) is 4. The predicted molar refractivity (Wildman–Crippen MR) is 111 cm³/mol. The number of methoxy groups -OCH3 is 1. The van der Waals surface area contributed by atoms with E-state index in [-0.39, 0.29) is 12.0 Å². The molecule has 0 aliphatic carbocycles. The van der Waals surface area contributed by atoms with E-state index in [1.807, 2.05) is 18.3 Å². The van der Waals surface area contributed by atoms with Gasteiger partial charge in [-0.05, 0) is 47.7 Å². The summed E-state index contributed by atoms with van der Waals surface area (Å²) >= 11 is 6.39. The quantitative estimate of drug-likeness (QED) is 0.402. The number of H-pyrrole nitrogens is 1. The molecule has 4 heterocycles. The van der Waals surface area contributed by atoms with Gasteiger partial charge in [0.15, 0.2) is 0 Å². The van der Waals surface area contributed by atoms with Crippen LogP contribution in [0.5, 0.6) is 5.75 Å². The molecule has 0 aliphatic rings. The molecule has 0 atom stereocenters. The van der Waals surface area contributed by atoms with Gasteiger partial charge in [0.25, 0.3) is 0 Å². The fourth-order valence-corrected chi connectivity index (χ4v) is 3.68. The van der Waals surface area contributed by atoms with Crippen LogP contribution in [-0.4, -0.2) is 27.0 Å². The Bertz CT molecular complexity index is 1220. The number of hydrogen-bond donors (Lipinski definition) is 1. The van der Waals surface area contributed by atoms with Gasteiger partial charge in [0.05, 0.1) is 18.9 Å². The number of ether oxygens (including phenoxy) is 1. The van der Waals surface area contributed by atoms with Gasteiger partial charge in [-0.2, -0.15) is 13.2 Å². The van der Waals surface area contributed by atoms with Crippen molar-refractivity contribution in [3.8, 4) is 5.75 Å². The van der Waals surface area contributed by atoms with E-state index in [2.05, 4.69) is 19.9 Å². The van der Waals surface area contributed by atoms with Crippen molar-refractivity contribution in [2.45, 2.75) is 25.4 Å². The first-order valence-electron chi connectivity index (χ1n) is 9.49. The van der Waals surface area contributed by atoms with Gasteiger partial charge in [-0.3, -0.25) is 4.98 Å². The van der Waals surface area contributed by atoms with Crippen LogP contribution in [0.2, 0.25) is 5.15 Å². The van der Waals surface area contributed by atoms with Crippen LogP contribution >= 0.6 is 11.6 Å². The molecule has 0 saturated carbocycles. The normalized spacial score (nSPS) is 11.8. The number of aryl methyl sites for hydroxylation is 2. The van der Waals surface area contributed by atoms with E-state index in [4.69, 9.17) is 16.3 Å². The van der Waals surface area contributed by atoms with Crippen LogP contribution in [0.3, 0.4) is 0 Å². The highest BCUT2D eigenvalue weighted by Crippen LogP contribution is 2.32. The summed E-state index contributed by atoms with van der Waals surface area (Å²) in [6.45, 7) is 0. The SMILES string of the molecule is COc1cnc2[nH]cc(Cc3ccc(CCc4cnccc4C(F)(F)F)nc3Cl)c2c1. The molecule has 0 radical (unpaired) electrons. The molecule has 4 rings (SSSR count). The third kappa shape index (κ3) is 4.64. The summed E-state index contributed by atoms with van der Waals surface area (Å²) in [6.07, 6.45) is 2.50. The number of nitrogens with one attached hydrogen (secondary N) is 1. The topological polar surface area (TPSA) is 63.7 Å². The zero-order chi connectivity index (χ0) is 22.0. The first kappa shape index (κ1) is 21.1. The molecule has 0 saturated heterocycles. The Balaban J connectivity index is 1.51. The third-order valence-electron chi connectivity index (χ3n) is 5.05. The molecule has 5 nitrogen and oxygen atoms in total. The minimum atomic E-state index is -4.41. The Labute approximate surface area is 181 Å².